The highest BCUT2D eigenvalue weighted by atomic mass is 79.9. The Balaban J connectivity index is 1.78. The summed E-state index contributed by atoms with van der Waals surface area (Å²) in [5.41, 5.74) is 0.550. The molecule has 2 fully saturated rings. The lowest BCUT2D eigenvalue weighted by molar-refractivity contribution is -0.155. The first kappa shape index (κ1) is 22.3. The summed E-state index contributed by atoms with van der Waals surface area (Å²) in [6.45, 7) is 1.56. The number of hydrazine groups is 1. The Morgan fingerprint density at radius 1 is 1.06 bits per heavy atom. The number of imide groups is 1. The molecule has 3 heterocycles. The molecule has 0 spiro atoms. The van der Waals surface area contributed by atoms with Gasteiger partial charge in [0.15, 0.2) is 11.5 Å². The molecule has 1 aromatic carbocycles. The van der Waals surface area contributed by atoms with E-state index in [1.165, 1.54) is 19.1 Å². The van der Waals surface area contributed by atoms with Crippen molar-refractivity contribution < 1.29 is 24.2 Å². The Morgan fingerprint density at radius 2 is 1.77 bits per heavy atom. The molecule has 1 N–H and O–H groups in total. The van der Waals surface area contributed by atoms with E-state index in [-0.39, 0.29) is 11.8 Å². The number of carbonyl (C=O) groups excluding carboxylic acids is 2. The van der Waals surface area contributed by atoms with Gasteiger partial charge in [-0.05, 0) is 25.0 Å². The maximum Gasteiger partial charge on any atom is 0.248 e. The van der Waals surface area contributed by atoms with Gasteiger partial charge < -0.3 is 14.6 Å². The Labute approximate surface area is 190 Å². The molecule has 3 aliphatic heterocycles. The third kappa shape index (κ3) is 3.77. The summed E-state index contributed by atoms with van der Waals surface area (Å²) in [7, 11) is 4.61. The number of carbonyl (C=O) groups is 2. The maximum absolute atomic E-state index is 13.1. The van der Waals surface area contributed by atoms with Crippen molar-refractivity contribution in [2.45, 2.75) is 37.5 Å². The molecule has 0 radical (unpaired) electrons. The number of likely N-dealkylation sites (N-methyl/N-ethyl adjacent to an activating group) is 1. The molecule has 0 bridgehead atoms. The van der Waals surface area contributed by atoms with Crippen LogP contribution in [0.5, 0.6) is 11.5 Å². The van der Waals surface area contributed by atoms with Gasteiger partial charge >= 0.3 is 0 Å². The zero-order chi connectivity index (χ0) is 22.3. The minimum Gasteiger partial charge on any atom is -0.493 e. The molecule has 0 aliphatic carbocycles. The normalized spacial score (nSPS) is 28.0. The lowest BCUT2D eigenvalue weighted by Gasteiger charge is -2.47. The zero-order valence-electron chi connectivity index (χ0n) is 18.0. The molecular formula is C22H28BrN3O5. The standard InChI is InChI=1S/C22H28BrN3O5/c1-24-21(28)14-7-8-16(26(18(14)22(24)29)25-9-5-4-6-10-25)19(27)15-11-13(23)12-17(30-2)20(15)31-3/h7-8,11-12,14,16,18-19,27H,4-6,9-10H2,1-3H3. The van der Waals surface area contributed by atoms with Crippen molar-refractivity contribution in [2.24, 2.45) is 5.92 Å². The molecule has 4 unspecified atom stereocenters. The van der Waals surface area contributed by atoms with E-state index in [0.717, 1.165) is 36.8 Å². The number of aliphatic hydroxyl groups is 1. The summed E-state index contributed by atoms with van der Waals surface area (Å²) in [6, 6.07) is 2.39. The first-order valence-corrected chi connectivity index (χ1v) is 11.3. The summed E-state index contributed by atoms with van der Waals surface area (Å²) in [6.07, 6.45) is 5.75. The molecular weight excluding hydrogens is 466 g/mol. The minimum atomic E-state index is -1.01. The van der Waals surface area contributed by atoms with E-state index in [0.29, 0.717) is 17.1 Å². The molecule has 3 aliphatic rings. The molecule has 1 aromatic rings. The quantitative estimate of drug-likeness (QED) is 0.496. The van der Waals surface area contributed by atoms with E-state index in [1.807, 2.05) is 11.1 Å². The minimum absolute atomic E-state index is 0.206. The maximum atomic E-state index is 13.1. The number of hydrogen-bond acceptors (Lipinski definition) is 7. The average Bonchev–Trinajstić information content (AvgIpc) is 3.01. The number of piperidine rings is 1. The zero-order valence-corrected chi connectivity index (χ0v) is 19.5. The number of benzene rings is 1. The number of likely N-dealkylation sites (tertiary alicyclic amines) is 1. The number of halogens is 1. The highest BCUT2D eigenvalue weighted by Crippen LogP contribution is 2.43. The Morgan fingerprint density at radius 3 is 2.42 bits per heavy atom. The third-order valence-corrected chi connectivity index (χ3v) is 6.88. The number of fused-ring (bicyclic) bond motifs is 1. The fraction of sp³-hybridized carbons (Fsp3) is 0.545. The lowest BCUT2D eigenvalue weighted by atomic mass is 9.90. The number of aliphatic hydroxyl groups excluding tert-OH is 1. The van der Waals surface area contributed by atoms with Crippen LogP contribution in [0.3, 0.4) is 0 Å². The Hall–Kier alpha value is -1.94. The predicted molar refractivity (Wildman–Crippen MR) is 117 cm³/mol. The molecule has 4 rings (SSSR count). The number of methoxy groups -OCH3 is 2. The van der Waals surface area contributed by atoms with Crippen LogP contribution in [0, 0.1) is 5.92 Å². The molecule has 8 nitrogen and oxygen atoms in total. The van der Waals surface area contributed by atoms with Gasteiger partial charge in [-0.25, -0.2) is 10.0 Å². The van der Waals surface area contributed by atoms with Crippen molar-refractivity contribution in [3.63, 3.8) is 0 Å². The number of ether oxygens (including phenoxy) is 2. The van der Waals surface area contributed by atoms with Gasteiger partial charge in [0, 0.05) is 30.2 Å². The van der Waals surface area contributed by atoms with E-state index >= 15 is 0 Å². The molecule has 31 heavy (non-hydrogen) atoms. The Kier molecular flexibility index (Phi) is 6.39. The van der Waals surface area contributed by atoms with Crippen molar-refractivity contribution in [3.8, 4) is 11.5 Å². The summed E-state index contributed by atoms with van der Waals surface area (Å²) in [4.78, 5) is 26.9. The van der Waals surface area contributed by atoms with Gasteiger partial charge in [0.25, 0.3) is 0 Å². The molecule has 2 amide bonds. The van der Waals surface area contributed by atoms with Gasteiger partial charge in [-0.1, -0.05) is 34.5 Å². The Bertz CT molecular complexity index is 901. The smallest absolute Gasteiger partial charge is 0.248 e. The lowest BCUT2D eigenvalue weighted by Crippen LogP contribution is -2.61. The van der Waals surface area contributed by atoms with Gasteiger partial charge in [-0.3, -0.25) is 14.5 Å². The monoisotopic (exact) mass is 493 g/mol. The van der Waals surface area contributed by atoms with Crippen LogP contribution in [0.15, 0.2) is 28.8 Å². The number of hydrogen-bond donors (Lipinski definition) is 1. The average molecular weight is 494 g/mol. The largest absolute Gasteiger partial charge is 0.493 e. The van der Waals surface area contributed by atoms with Crippen LogP contribution >= 0.6 is 15.9 Å². The molecule has 9 heteroatoms. The van der Waals surface area contributed by atoms with Crippen LogP contribution in [0.4, 0.5) is 0 Å². The number of rotatable bonds is 5. The van der Waals surface area contributed by atoms with Crippen LogP contribution in [-0.4, -0.2) is 78.3 Å². The molecule has 4 atom stereocenters. The molecule has 0 saturated carbocycles. The van der Waals surface area contributed by atoms with Gasteiger partial charge in [0.1, 0.15) is 12.1 Å². The highest BCUT2D eigenvalue weighted by molar-refractivity contribution is 9.10. The molecule has 2 saturated heterocycles. The summed E-state index contributed by atoms with van der Waals surface area (Å²) < 4.78 is 11.7. The van der Waals surface area contributed by atoms with Gasteiger partial charge in [0.05, 0.1) is 26.2 Å². The van der Waals surface area contributed by atoms with Gasteiger partial charge in [-0.15, -0.1) is 0 Å². The summed E-state index contributed by atoms with van der Waals surface area (Å²) in [5, 5.41) is 15.6. The fourth-order valence-electron chi connectivity index (χ4n) is 4.88. The van der Waals surface area contributed by atoms with Crippen molar-refractivity contribution in [2.75, 3.05) is 34.4 Å². The summed E-state index contributed by atoms with van der Waals surface area (Å²) in [5.74, 6) is -0.0381. The van der Waals surface area contributed by atoms with Crippen molar-refractivity contribution >= 4 is 27.7 Å². The van der Waals surface area contributed by atoms with Gasteiger partial charge in [-0.2, -0.15) is 0 Å². The van der Waals surface area contributed by atoms with Crippen LogP contribution in [-0.2, 0) is 9.59 Å². The fourth-order valence-corrected chi connectivity index (χ4v) is 5.33. The van der Waals surface area contributed by atoms with E-state index in [1.54, 1.807) is 25.3 Å². The first-order chi connectivity index (χ1) is 14.9. The van der Waals surface area contributed by atoms with E-state index in [9.17, 15) is 14.7 Å². The summed E-state index contributed by atoms with van der Waals surface area (Å²) >= 11 is 3.48. The van der Waals surface area contributed by atoms with Crippen LogP contribution in [0.2, 0.25) is 0 Å². The second kappa shape index (κ2) is 8.90. The van der Waals surface area contributed by atoms with E-state index < -0.39 is 24.1 Å². The van der Waals surface area contributed by atoms with Crippen molar-refractivity contribution in [1.29, 1.82) is 0 Å². The van der Waals surface area contributed by atoms with Crippen molar-refractivity contribution in [1.82, 2.24) is 14.9 Å². The van der Waals surface area contributed by atoms with E-state index in [4.69, 9.17) is 9.47 Å². The van der Waals surface area contributed by atoms with Crippen LogP contribution in [0.25, 0.3) is 0 Å². The highest BCUT2D eigenvalue weighted by Gasteiger charge is 2.54. The van der Waals surface area contributed by atoms with Crippen LogP contribution < -0.4 is 9.47 Å². The number of nitrogens with zero attached hydrogens (tertiary/aromatic N) is 3. The first-order valence-electron chi connectivity index (χ1n) is 10.5. The second-order valence-corrected chi connectivity index (χ2v) is 9.07. The number of amides is 2. The predicted octanol–water partition coefficient (Wildman–Crippen LogP) is 2.12. The topological polar surface area (TPSA) is 82.5 Å². The van der Waals surface area contributed by atoms with Gasteiger partial charge in [0.2, 0.25) is 11.8 Å². The molecule has 0 aromatic heterocycles. The van der Waals surface area contributed by atoms with E-state index in [2.05, 4.69) is 20.9 Å². The molecule has 168 valence electrons. The second-order valence-electron chi connectivity index (χ2n) is 8.15. The van der Waals surface area contributed by atoms with Crippen molar-refractivity contribution in [3.05, 3.63) is 34.3 Å². The SMILES string of the molecule is COc1cc(Br)cc(C(O)C2C=CC3C(=O)N(C)C(=O)C3N2N2CCCCC2)c1OC. The van der Waals surface area contributed by atoms with Crippen LogP contribution in [0.1, 0.15) is 30.9 Å². The third-order valence-electron chi connectivity index (χ3n) is 6.42.